The zero-order valence-corrected chi connectivity index (χ0v) is 20.3. The van der Waals surface area contributed by atoms with Gasteiger partial charge in [-0.3, -0.25) is 4.79 Å². The number of carbonyl (C=O) groups is 2. The molecule has 0 aliphatic carbocycles. The minimum Gasteiger partial charge on any atom is -0.478 e. The Hall–Kier alpha value is -3.80. The minimum atomic E-state index is -1.10. The molecule has 0 radical (unpaired) electrons. The molecule has 2 N–H and O–H groups in total. The molecule has 0 atom stereocenters. The highest BCUT2D eigenvalue weighted by Gasteiger charge is 2.15. The fourth-order valence-electron chi connectivity index (χ4n) is 3.61. The molecule has 7 heteroatoms. The van der Waals surface area contributed by atoms with Gasteiger partial charge in [0.25, 0.3) is 0 Å². The highest BCUT2D eigenvalue weighted by Crippen LogP contribution is 2.26. The third-order valence-electron chi connectivity index (χ3n) is 5.58. The molecule has 4 rings (SSSR count). The molecule has 0 aliphatic rings. The van der Waals surface area contributed by atoms with Crippen LogP contribution in [0.1, 0.15) is 31.8 Å². The van der Waals surface area contributed by atoms with Crippen LogP contribution in [0.4, 0.5) is 17.1 Å². The number of nitrogens with zero attached hydrogens (tertiary/aromatic N) is 1. The van der Waals surface area contributed by atoms with Crippen LogP contribution in [0.25, 0.3) is 0 Å². The van der Waals surface area contributed by atoms with Crippen LogP contribution in [0.5, 0.6) is 0 Å². The van der Waals surface area contributed by atoms with E-state index in [4.69, 9.17) is 23.2 Å². The molecule has 0 amide bonds. The van der Waals surface area contributed by atoms with E-state index in [-0.39, 0.29) is 11.3 Å². The van der Waals surface area contributed by atoms with Crippen molar-refractivity contribution in [3.8, 4) is 0 Å². The second-order valence-electron chi connectivity index (χ2n) is 8.00. The Balaban J connectivity index is 1.55. The molecule has 0 saturated carbocycles. The third-order valence-corrected chi connectivity index (χ3v) is 6.09. The highest BCUT2D eigenvalue weighted by atomic mass is 35.5. The topological polar surface area (TPSA) is 69.6 Å². The number of rotatable bonds is 8. The Labute approximate surface area is 213 Å². The Morgan fingerprint density at radius 2 is 1.26 bits per heavy atom. The van der Waals surface area contributed by atoms with Crippen molar-refractivity contribution < 1.29 is 14.7 Å². The summed E-state index contributed by atoms with van der Waals surface area (Å²) < 4.78 is 0. The van der Waals surface area contributed by atoms with Gasteiger partial charge in [-0.2, -0.15) is 0 Å². The maximum Gasteiger partial charge on any atom is 0.335 e. The first kappa shape index (κ1) is 24.3. The van der Waals surface area contributed by atoms with Crippen LogP contribution >= 0.6 is 23.2 Å². The molecule has 0 aromatic heterocycles. The first-order chi connectivity index (χ1) is 16.8. The summed E-state index contributed by atoms with van der Waals surface area (Å²) in [6.45, 7) is 0.458. The van der Waals surface area contributed by atoms with Gasteiger partial charge in [0.15, 0.2) is 5.78 Å². The number of carbonyl (C=O) groups excluding carboxylic acids is 1. The van der Waals surface area contributed by atoms with Gasteiger partial charge in [-0.15, -0.1) is 0 Å². The summed E-state index contributed by atoms with van der Waals surface area (Å²) in [4.78, 5) is 26.9. The van der Waals surface area contributed by atoms with Crippen LogP contribution in [0.2, 0.25) is 10.0 Å². The Morgan fingerprint density at radius 1 is 0.743 bits per heavy atom. The number of nitrogens with one attached hydrogen (secondary N) is 1. The van der Waals surface area contributed by atoms with E-state index in [9.17, 15) is 14.7 Å². The fourth-order valence-corrected chi connectivity index (χ4v) is 3.86. The number of carboxylic acids is 1. The van der Waals surface area contributed by atoms with Crippen molar-refractivity contribution in [2.24, 2.45) is 0 Å². The Kier molecular flexibility index (Phi) is 7.39. The molecule has 0 unspecified atom stereocenters. The lowest BCUT2D eigenvalue weighted by Crippen LogP contribution is -2.10. The average molecular weight is 505 g/mol. The van der Waals surface area contributed by atoms with Crippen molar-refractivity contribution in [3.63, 3.8) is 0 Å². The number of hydrogen-bond donors (Lipinski definition) is 2. The first-order valence-electron chi connectivity index (χ1n) is 10.8. The molecule has 4 aromatic carbocycles. The van der Waals surface area contributed by atoms with Gasteiger partial charge in [0.2, 0.25) is 0 Å². The number of carboxylic acid groups (broad SMARTS) is 1. The normalized spacial score (nSPS) is 10.6. The molecule has 35 heavy (non-hydrogen) atoms. The second kappa shape index (κ2) is 10.6. The minimum absolute atomic E-state index is 0.0357. The van der Waals surface area contributed by atoms with Gasteiger partial charge in [-0.25, -0.2) is 4.79 Å². The van der Waals surface area contributed by atoms with Crippen molar-refractivity contribution in [1.82, 2.24) is 0 Å². The summed E-state index contributed by atoms with van der Waals surface area (Å²) in [5.74, 6) is -1.36. The van der Waals surface area contributed by atoms with Crippen molar-refractivity contribution in [2.75, 3.05) is 17.3 Å². The van der Waals surface area contributed by atoms with Gasteiger partial charge >= 0.3 is 5.97 Å². The van der Waals surface area contributed by atoms with Crippen molar-refractivity contribution in [3.05, 3.63) is 123 Å². The Bertz CT molecular complexity index is 1350. The second-order valence-corrected chi connectivity index (χ2v) is 8.87. The SMILES string of the molecule is CN(c1ccc(Cl)cc1)c1ccc(C(=O)c2cc(NCc3ccc(Cl)cc3)cc(C(=O)O)c2)cc1. The molecule has 0 saturated heterocycles. The fraction of sp³-hybridized carbons (Fsp3) is 0.0714. The van der Waals surface area contributed by atoms with Gasteiger partial charge in [-0.05, 0) is 84.4 Å². The molecule has 0 fully saturated rings. The largest absolute Gasteiger partial charge is 0.478 e. The number of aromatic carboxylic acids is 1. The predicted molar refractivity (Wildman–Crippen MR) is 142 cm³/mol. The van der Waals surface area contributed by atoms with E-state index in [0.717, 1.165) is 16.9 Å². The monoisotopic (exact) mass is 504 g/mol. The van der Waals surface area contributed by atoms with Gasteiger partial charge in [-0.1, -0.05) is 35.3 Å². The molecule has 0 bridgehead atoms. The molecule has 176 valence electrons. The van der Waals surface area contributed by atoms with Gasteiger partial charge < -0.3 is 15.3 Å². The maximum absolute atomic E-state index is 13.2. The van der Waals surface area contributed by atoms with Gasteiger partial charge in [0, 0.05) is 51.8 Å². The van der Waals surface area contributed by atoms with Crippen LogP contribution < -0.4 is 10.2 Å². The van der Waals surface area contributed by atoms with Crippen molar-refractivity contribution in [1.29, 1.82) is 0 Å². The molecule has 4 aromatic rings. The van der Waals surface area contributed by atoms with Crippen LogP contribution in [0.15, 0.2) is 91.0 Å². The smallest absolute Gasteiger partial charge is 0.335 e. The summed E-state index contributed by atoms with van der Waals surface area (Å²) in [7, 11) is 1.93. The summed E-state index contributed by atoms with van der Waals surface area (Å²) in [5, 5.41) is 14.1. The lowest BCUT2D eigenvalue weighted by Gasteiger charge is -2.20. The van der Waals surface area contributed by atoms with Crippen LogP contribution in [0.3, 0.4) is 0 Å². The lowest BCUT2D eigenvalue weighted by molar-refractivity contribution is 0.0697. The number of ketones is 1. The van der Waals surface area contributed by atoms with Crippen molar-refractivity contribution >= 4 is 52.0 Å². The van der Waals surface area contributed by atoms with E-state index in [0.29, 0.717) is 33.4 Å². The molecular weight excluding hydrogens is 483 g/mol. The number of hydrogen-bond acceptors (Lipinski definition) is 4. The third kappa shape index (κ3) is 6.01. The molecule has 0 heterocycles. The van der Waals surface area contributed by atoms with E-state index in [2.05, 4.69) is 5.32 Å². The van der Waals surface area contributed by atoms with E-state index in [1.54, 1.807) is 30.3 Å². The first-order valence-corrected chi connectivity index (χ1v) is 11.6. The summed E-state index contributed by atoms with van der Waals surface area (Å²) in [6.07, 6.45) is 0. The number of benzene rings is 4. The van der Waals surface area contributed by atoms with E-state index in [1.165, 1.54) is 12.1 Å². The number of halogens is 2. The summed E-state index contributed by atoms with van der Waals surface area (Å²) >= 11 is 11.9. The Morgan fingerprint density at radius 3 is 1.83 bits per heavy atom. The number of anilines is 3. The quantitative estimate of drug-likeness (QED) is 0.246. The predicted octanol–water partition coefficient (Wildman–Crippen LogP) is 7.30. The van der Waals surface area contributed by atoms with Gasteiger partial charge in [0.05, 0.1) is 5.56 Å². The van der Waals surface area contributed by atoms with Crippen LogP contribution in [-0.2, 0) is 6.54 Å². The zero-order valence-electron chi connectivity index (χ0n) is 18.8. The summed E-state index contributed by atoms with van der Waals surface area (Å²) in [5.41, 5.74) is 4.17. The molecule has 0 aliphatic heterocycles. The van der Waals surface area contributed by atoms with Gasteiger partial charge in [0.1, 0.15) is 0 Å². The van der Waals surface area contributed by atoms with Crippen LogP contribution in [0, 0.1) is 0 Å². The summed E-state index contributed by atoms with van der Waals surface area (Å²) in [6, 6.07) is 26.5. The maximum atomic E-state index is 13.2. The van der Waals surface area contributed by atoms with E-state index < -0.39 is 5.97 Å². The highest BCUT2D eigenvalue weighted by molar-refractivity contribution is 6.30. The van der Waals surface area contributed by atoms with E-state index in [1.807, 2.05) is 60.5 Å². The molecular formula is C28H22Cl2N2O3. The average Bonchev–Trinajstić information content (AvgIpc) is 2.88. The molecule has 0 spiro atoms. The standard InChI is InChI=1S/C28H22Cl2N2O3/c1-32(26-12-8-23(30)9-13-26)25-10-4-19(5-11-25)27(33)20-14-21(28(34)35)16-24(15-20)31-17-18-2-6-22(29)7-3-18/h2-16,31H,17H2,1H3,(H,34,35). The van der Waals surface area contributed by atoms with Crippen LogP contribution in [-0.4, -0.2) is 23.9 Å². The van der Waals surface area contributed by atoms with Crippen molar-refractivity contribution in [2.45, 2.75) is 6.54 Å². The lowest BCUT2D eigenvalue weighted by atomic mass is 10.00. The zero-order chi connectivity index (χ0) is 24.9. The van der Waals surface area contributed by atoms with E-state index >= 15 is 0 Å². The molecule has 5 nitrogen and oxygen atoms in total.